The Labute approximate surface area is 140 Å². The van der Waals surface area contributed by atoms with Crippen LogP contribution < -0.4 is 10.6 Å². The second kappa shape index (κ2) is 7.06. The van der Waals surface area contributed by atoms with Gasteiger partial charge in [-0.3, -0.25) is 9.40 Å². The smallest absolute Gasteiger partial charge is 0.408 e. The van der Waals surface area contributed by atoms with Gasteiger partial charge >= 0.3 is 5.76 Å². The molecule has 0 unspecified atom stereocenters. The van der Waals surface area contributed by atoms with E-state index in [4.69, 9.17) is 9.25 Å². The second-order valence-corrected chi connectivity index (χ2v) is 7.54. The van der Waals surface area contributed by atoms with Gasteiger partial charge in [-0.1, -0.05) is 11.3 Å². The third-order valence-electron chi connectivity index (χ3n) is 4.20. The molecule has 0 atom stereocenters. The van der Waals surface area contributed by atoms with E-state index in [1.54, 1.807) is 7.05 Å². The van der Waals surface area contributed by atoms with Crippen LogP contribution in [-0.4, -0.2) is 44.1 Å². The molecule has 8 nitrogen and oxygen atoms in total. The second-order valence-electron chi connectivity index (χ2n) is 5.89. The molecule has 1 aliphatic heterocycles. The number of rotatable bonds is 6. The Balaban J connectivity index is 1.61. The molecule has 0 aliphatic carbocycles. The fourth-order valence-electron chi connectivity index (χ4n) is 2.81. The molecule has 24 heavy (non-hydrogen) atoms. The van der Waals surface area contributed by atoms with Crippen molar-refractivity contribution >= 4 is 21.1 Å². The number of nitrogens with zero attached hydrogens (tertiary/aromatic N) is 2. The summed E-state index contributed by atoms with van der Waals surface area (Å²) in [4.78, 5) is 20.9. The van der Waals surface area contributed by atoms with E-state index >= 15 is 0 Å². The van der Waals surface area contributed by atoms with Gasteiger partial charge in [0.05, 0.1) is 17.0 Å². The lowest BCUT2D eigenvalue weighted by molar-refractivity contribution is 0.0656. The molecule has 1 saturated heterocycles. The average molecular weight is 355 g/mol. The zero-order valence-electron chi connectivity index (χ0n) is 13.5. The molecule has 1 fully saturated rings. The zero-order valence-corrected chi connectivity index (χ0v) is 14.3. The van der Waals surface area contributed by atoms with Crippen LogP contribution in [0.4, 0.5) is 0 Å². The molecule has 0 spiro atoms. The number of likely N-dealkylation sites (tertiary alicyclic amines) is 1. The molecule has 0 amide bonds. The number of fused-ring (bicyclic) bond motifs is 1. The van der Waals surface area contributed by atoms with Crippen LogP contribution in [0, 0.1) is 0 Å². The predicted molar refractivity (Wildman–Crippen MR) is 88.0 cm³/mol. The van der Waals surface area contributed by atoms with Gasteiger partial charge in [0.15, 0.2) is 5.58 Å². The highest BCUT2D eigenvalue weighted by Gasteiger charge is 2.17. The first-order chi connectivity index (χ1) is 11.5. The lowest BCUT2D eigenvalue weighted by Gasteiger charge is -2.25. The number of hydrogen-bond donors (Lipinski definition) is 1. The van der Waals surface area contributed by atoms with Gasteiger partial charge in [-0.15, -0.1) is 0 Å². The van der Waals surface area contributed by atoms with Crippen LogP contribution in [0.25, 0.3) is 11.1 Å². The molecule has 2 aromatic rings. The normalized spacial score (nSPS) is 16.7. The van der Waals surface area contributed by atoms with Crippen LogP contribution in [-0.2, 0) is 21.9 Å². The van der Waals surface area contributed by atoms with Gasteiger partial charge in [0.25, 0.3) is 10.0 Å². The van der Waals surface area contributed by atoms with Crippen molar-refractivity contribution in [2.75, 3.05) is 26.2 Å². The Bertz CT molecular complexity index is 865. The summed E-state index contributed by atoms with van der Waals surface area (Å²) in [5.41, 5.74) is 0.753. The molecule has 9 heteroatoms. The highest BCUT2D eigenvalue weighted by molar-refractivity contribution is 7.89. The Morgan fingerprint density at radius 1 is 1.25 bits per heavy atom. The first-order valence-corrected chi connectivity index (χ1v) is 9.41. The van der Waals surface area contributed by atoms with E-state index in [0.29, 0.717) is 12.1 Å². The van der Waals surface area contributed by atoms with Gasteiger partial charge in [-0.25, -0.2) is 13.2 Å². The van der Waals surface area contributed by atoms with Crippen LogP contribution in [0.5, 0.6) is 0 Å². The molecule has 2 heterocycles. The predicted octanol–water partition coefficient (Wildman–Crippen LogP) is 0.827. The van der Waals surface area contributed by atoms with E-state index in [2.05, 4.69) is 9.79 Å². The number of hydrogen-bond acceptors (Lipinski definition) is 6. The highest BCUT2D eigenvalue weighted by Crippen LogP contribution is 2.17. The van der Waals surface area contributed by atoms with Gasteiger partial charge in [0, 0.05) is 19.7 Å². The van der Waals surface area contributed by atoms with Crippen molar-refractivity contribution in [2.45, 2.75) is 24.2 Å². The molecule has 0 bridgehead atoms. The molecule has 1 aromatic carbocycles. The summed E-state index contributed by atoms with van der Waals surface area (Å²) < 4.78 is 30.8. The van der Waals surface area contributed by atoms with E-state index < -0.39 is 15.8 Å². The molecule has 0 saturated carbocycles. The van der Waals surface area contributed by atoms with Gasteiger partial charge in [0.1, 0.15) is 0 Å². The first-order valence-electron chi connectivity index (χ1n) is 7.93. The minimum absolute atomic E-state index is 0.0117. The van der Waals surface area contributed by atoms with Crippen LogP contribution in [0.1, 0.15) is 19.3 Å². The van der Waals surface area contributed by atoms with E-state index in [1.807, 2.05) is 0 Å². The molecule has 0 radical (unpaired) electrons. The van der Waals surface area contributed by atoms with Crippen molar-refractivity contribution in [1.82, 2.24) is 14.4 Å². The van der Waals surface area contributed by atoms with Gasteiger partial charge in [-0.2, -0.15) is 0 Å². The molecule has 1 aliphatic rings. The standard InChI is InChI=1S/C15H21N3O5S/c1-17-13-6-5-12(11-14(13)23-15(17)19)24(20,21)16-22-10-9-18-7-3-2-4-8-18/h5-6,11,16H,2-4,7-10H2,1H3. The lowest BCUT2D eigenvalue weighted by Crippen LogP contribution is -2.35. The lowest BCUT2D eigenvalue weighted by atomic mass is 10.1. The maximum atomic E-state index is 12.2. The van der Waals surface area contributed by atoms with Gasteiger partial charge in [-0.05, 0) is 38.1 Å². The van der Waals surface area contributed by atoms with Crippen LogP contribution in [0.15, 0.2) is 32.3 Å². The zero-order chi connectivity index (χ0) is 17.2. The van der Waals surface area contributed by atoms with Crippen molar-refractivity contribution in [3.8, 4) is 0 Å². The molecule has 132 valence electrons. The van der Waals surface area contributed by atoms with Crippen LogP contribution >= 0.6 is 0 Å². The minimum atomic E-state index is -3.82. The van der Waals surface area contributed by atoms with Crippen molar-refractivity contribution in [3.05, 3.63) is 28.7 Å². The maximum absolute atomic E-state index is 12.2. The number of nitrogens with one attached hydrogen (secondary N) is 1. The molecule has 3 rings (SSSR count). The number of aryl methyl sites for hydroxylation is 1. The monoisotopic (exact) mass is 355 g/mol. The highest BCUT2D eigenvalue weighted by atomic mass is 32.2. The van der Waals surface area contributed by atoms with Crippen LogP contribution in [0.2, 0.25) is 0 Å². The SMILES string of the molecule is Cn1c(=O)oc2cc(S(=O)(=O)NOCCN3CCCCC3)ccc21. The average Bonchev–Trinajstić information content (AvgIpc) is 2.87. The summed E-state index contributed by atoms with van der Waals surface area (Å²) in [6.45, 7) is 3.02. The Hall–Kier alpha value is -1.68. The topological polar surface area (TPSA) is 93.8 Å². The third-order valence-corrected chi connectivity index (χ3v) is 5.41. The van der Waals surface area contributed by atoms with E-state index in [1.165, 1.54) is 42.0 Å². The molecular formula is C15H21N3O5S. The van der Waals surface area contributed by atoms with Crippen molar-refractivity contribution in [1.29, 1.82) is 0 Å². The first kappa shape index (κ1) is 17.2. The molecule has 1 aromatic heterocycles. The Morgan fingerprint density at radius 3 is 2.75 bits per heavy atom. The van der Waals surface area contributed by atoms with Gasteiger partial charge < -0.3 is 9.32 Å². The third kappa shape index (κ3) is 3.69. The van der Waals surface area contributed by atoms with Crippen molar-refractivity contribution in [2.24, 2.45) is 7.05 Å². The number of piperidine rings is 1. The van der Waals surface area contributed by atoms with E-state index in [-0.39, 0.29) is 17.1 Å². The number of sulfonamides is 1. The summed E-state index contributed by atoms with van der Waals surface area (Å²) in [5.74, 6) is -0.537. The van der Waals surface area contributed by atoms with Crippen molar-refractivity contribution < 1.29 is 17.7 Å². The summed E-state index contributed by atoms with van der Waals surface area (Å²) in [6.07, 6.45) is 3.60. The summed E-state index contributed by atoms with van der Waals surface area (Å²) in [6, 6.07) is 4.25. The minimum Gasteiger partial charge on any atom is -0.408 e. The summed E-state index contributed by atoms with van der Waals surface area (Å²) in [5, 5.41) is 0. The largest absolute Gasteiger partial charge is 0.419 e. The number of oxazole rings is 1. The van der Waals surface area contributed by atoms with Gasteiger partial charge in [0.2, 0.25) is 0 Å². The number of aromatic nitrogens is 1. The Kier molecular flexibility index (Phi) is 5.04. The molecule has 1 N–H and O–H groups in total. The fraction of sp³-hybridized carbons (Fsp3) is 0.533. The number of benzene rings is 1. The molecular weight excluding hydrogens is 334 g/mol. The van der Waals surface area contributed by atoms with Crippen molar-refractivity contribution in [3.63, 3.8) is 0 Å². The summed E-state index contributed by atoms with van der Waals surface area (Å²) in [7, 11) is -2.26. The fourth-order valence-corrected chi connectivity index (χ4v) is 3.65. The quantitative estimate of drug-likeness (QED) is 0.609. The summed E-state index contributed by atoms with van der Waals surface area (Å²) >= 11 is 0. The van der Waals surface area contributed by atoms with E-state index in [9.17, 15) is 13.2 Å². The van der Waals surface area contributed by atoms with E-state index in [0.717, 1.165) is 13.1 Å². The van der Waals surface area contributed by atoms with Crippen LogP contribution in [0.3, 0.4) is 0 Å². The maximum Gasteiger partial charge on any atom is 0.419 e. The Morgan fingerprint density at radius 2 is 2.00 bits per heavy atom.